The smallest absolute Gasteiger partial charge is 0.416 e. The molecular weight excluding hydrogens is 387 g/mol. The summed E-state index contributed by atoms with van der Waals surface area (Å²) in [5, 5.41) is 2.74. The number of rotatable bonds is 6. The van der Waals surface area contributed by atoms with E-state index in [-0.39, 0.29) is 18.5 Å². The minimum absolute atomic E-state index is 0.141. The molecule has 3 rings (SSSR count). The normalized spacial score (nSPS) is 19.1. The summed E-state index contributed by atoms with van der Waals surface area (Å²) in [6.45, 7) is 0.145. The zero-order chi connectivity index (χ0) is 21.0. The molecule has 9 heteroatoms. The molecule has 29 heavy (non-hydrogen) atoms. The molecule has 1 aliphatic heterocycles. The van der Waals surface area contributed by atoms with Gasteiger partial charge in [-0.05, 0) is 30.2 Å². The number of amides is 1. The summed E-state index contributed by atoms with van der Waals surface area (Å²) in [6.07, 6.45) is -3.89. The van der Waals surface area contributed by atoms with Gasteiger partial charge in [-0.25, -0.2) is 10.9 Å². The van der Waals surface area contributed by atoms with E-state index in [1.54, 1.807) is 20.3 Å². The number of alkyl halides is 3. The molecule has 3 N–H and O–H groups in total. The summed E-state index contributed by atoms with van der Waals surface area (Å²) in [6, 6.07) is 9.56. The summed E-state index contributed by atoms with van der Waals surface area (Å²) in [7, 11) is 3.13. The zero-order valence-corrected chi connectivity index (χ0v) is 16.0. The quantitative estimate of drug-likeness (QED) is 0.684. The van der Waals surface area contributed by atoms with Crippen LogP contribution in [0, 0.1) is 0 Å². The van der Waals surface area contributed by atoms with Crippen molar-refractivity contribution in [2.45, 2.75) is 31.2 Å². The summed E-state index contributed by atoms with van der Waals surface area (Å²) < 4.78 is 48.4. The Hall–Kier alpha value is -2.78. The molecule has 0 saturated carbocycles. The number of hydrazine groups is 1. The Labute approximate surface area is 166 Å². The van der Waals surface area contributed by atoms with Crippen LogP contribution >= 0.6 is 0 Å². The minimum atomic E-state index is -4.38. The van der Waals surface area contributed by atoms with Gasteiger partial charge >= 0.3 is 6.18 Å². The van der Waals surface area contributed by atoms with Gasteiger partial charge in [0.15, 0.2) is 0 Å². The van der Waals surface area contributed by atoms with Gasteiger partial charge in [0.2, 0.25) is 5.91 Å². The lowest BCUT2D eigenvalue weighted by Crippen LogP contribution is -2.42. The van der Waals surface area contributed by atoms with Crippen molar-refractivity contribution in [3.8, 4) is 11.5 Å². The number of carbonyl (C=O) groups excluding carboxylic acids is 1. The second-order valence-electron chi connectivity index (χ2n) is 6.65. The first-order valence-electron chi connectivity index (χ1n) is 8.98. The number of halogens is 3. The molecule has 2 aromatic rings. The van der Waals surface area contributed by atoms with Crippen LogP contribution in [-0.4, -0.2) is 26.2 Å². The van der Waals surface area contributed by atoms with Gasteiger partial charge < -0.3 is 14.8 Å². The molecule has 2 unspecified atom stereocenters. The molecule has 0 spiro atoms. The maximum atomic E-state index is 12.6. The van der Waals surface area contributed by atoms with Crippen molar-refractivity contribution < 1.29 is 27.4 Å². The molecule has 1 fully saturated rings. The van der Waals surface area contributed by atoms with Crippen molar-refractivity contribution in [3.05, 3.63) is 59.2 Å². The molecule has 6 nitrogen and oxygen atoms in total. The van der Waals surface area contributed by atoms with E-state index in [4.69, 9.17) is 9.47 Å². The third-order valence-electron chi connectivity index (χ3n) is 4.78. The topological polar surface area (TPSA) is 71.6 Å². The molecule has 1 heterocycles. The van der Waals surface area contributed by atoms with Gasteiger partial charge in [0.25, 0.3) is 0 Å². The lowest BCUT2D eigenvalue weighted by atomic mass is 10.0. The number of hydrogen-bond donors (Lipinski definition) is 3. The molecule has 2 aromatic carbocycles. The van der Waals surface area contributed by atoms with Gasteiger partial charge in [-0.15, -0.1) is 0 Å². The average Bonchev–Trinajstić information content (AvgIpc) is 3.21. The lowest BCUT2D eigenvalue weighted by molar-refractivity contribution is -0.137. The predicted octanol–water partition coefficient (Wildman–Crippen LogP) is 2.95. The average molecular weight is 409 g/mol. The number of hydrogen-bond acceptors (Lipinski definition) is 5. The highest BCUT2D eigenvalue weighted by molar-refractivity contribution is 5.82. The highest BCUT2D eigenvalue weighted by Crippen LogP contribution is 2.33. The number of ether oxygens (including phenoxy) is 2. The second kappa shape index (κ2) is 8.71. The Balaban J connectivity index is 1.57. The van der Waals surface area contributed by atoms with Gasteiger partial charge in [-0.3, -0.25) is 4.79 Å². The Morgan fingerprint density at radius 3 is 2.45 bits per heavy atom. The lowest BCUT2D eigenvalue weighted by Gasteiger charge is -2.15. The van der Waals surface area contributed by atoms with Crippen molar-refractivity contribution >= 4 is 5.91 Å². The first kappa shape index (κ1) is 20.9. The Morgan fingerprint density at radius 1 is 1.10 bits per heavy atom. The molecule has 0 radical (unpaired) electrons. The highest BCUT2D eigenvalue weighted by Gasteiger charge is 2.32. The maximum Gasteiger partial charge on any atom is 0.416 e. The van der Waals surface area contributed by atoms with E-state index >= 15 is 0 Å². The Bertz CT molecular complexity index is 856. The summed E-state index contributed by atoms with van der Waals surface area (Å²) in [4.78, 5) is 12.4. The Kier molecular flexibility index (Phi) is 6.29. The molecule has 1 amide bonds. The molecule has 0 aliphatic carbocycles. The van der Waals surface area contributed by atoms with E-state index in [0.717, 1.165) is 17.7 Å². The van der Waals surface area contributed by atoms with Crippen LogP contribution in [0.1, 0.15) is 29.2 Å². The van der Waals surface area contributed by atoms with Crippen LogP contribution in [0.3, 0.4) is 0 Å². The van der Waals surface area contributed by atoms with Gasteiger partial charge in [-0.1, -0.05) is 18.2 Å². The van der Waals surface area contributed by atoms with Crippen LogP contribution in [0.4, 0.5) is 13.2 Å². The van der Waals surface area contributed by atoms with E-state index in [0.29, 0.717) is 23.5 Å². The number of nitrogens with one attached hydrogen (secondary N) is 3. The molecule has 0 bridgehead atoms. The Morgan fingerprint density at radius 2 is 1.83 bits per heavy atom. The fourth-order valence-corrected chi connectivity index (χ4v) is 3.16. The largest absolute Gasteiger partial charge is 0.497 e. The first-order valence-corrected chi connectivity index (χ1v) is 8.98. The molecular formula is C20H22F3N3O3. The highest BCUT2D eigenvalue weighted by atomic mass is 19.4. The maximum absolute atomic E-state index is 12.6. The van der Waals surface area contributed by atoms with Crippen molar-refractivity contribution in [3.63, 3.8) is 0 Å². The number of benzene rings is 2. The van der Waals surface area contributed by atoms with Crippen molar-refractivity contribution in [1.29, 1.82) is 0 Å². The summed E-state index contributed by atoms with van der Waals surface area (Å²) in [5.74, 6) is 1.07. The van der Waals surface area contributed by atoms with Crippen LogP contribution in [0.2, 0.25) is 0 Å². The van der Waals surface area contributed by atoms with Crippen LogP contribution in [0.5, 0.6) is 11.5 Å². The second-order valence-corrected chi connectivity index (χ2v) is 6.65. The summed E-state index contributed by atoms with van der Waals surface area (Å²) >= 11 is 0. The van der Waals surface area contributed by atoms with Crippen molar-refractivity contribution in [2.75, 3.05) is 14.2 Å². The van der Waals surface area contributed by atoms with E-state index < -0.39 is 17.8 Å². The van der Waals surface area contributed by atoms with Crippen LogP contribution < -0.4 is 25.6 Å². The number of methoxy groups -OCH3 is 2. The molecule has 2 atom stereocenters. The van der Waals surface area contributed by atoms with Gasteiger partial charge in [-0.2, -0.15) is 13.2 Å². The van der Waals surface area contributed by atoms with Gasteiger partial charge in [0.1, 0.15) is 17.5 Å². The van der Waals surface area contributed by atoms with E-state index in [2.05, 4.69) is 16.2 Å². The summed E-state index contributed by atoms with van der Waals surface area (Å²) in [5.41, 5.74) is 6.79. The monoisotopic (exact) mass is 409 g/mol. The van der Waals surface area contributed by atoms with E-state index in [1.807, 2.05) is 12.1 Å². The van der Waals surface area contributed by atoms with Crippen molar-refractivity contribution in [2.24, 2.45) is 0 Å². The molecule has 1 saturated heterocycles. The first-order chi connectivity index (χ1) is 13.8. The fourth-order valence-electron chi connectivity index (χ4n) is 3.16. The van der Waals surface area contributed by atoms with Crippen LogP contribution in [0.15, 0.2) is 42.5 Å². The SMILES string of the molecule is COc1ccc(C2CC(C(=O)NCc3ccc(C(F)(F)F)cc3)NN2)c(OC)c1. The third-order valence-corrected chi connectivity index (χ3v) is 4.78. The standard InChI is InChI=1S/C20H22F3N3O3/c1-28-14-7-8-15(18(9-14)29-2)16-10-17(26-25-16)19(27)24-11-12-3-5-13(6-4-12)20(21,22)23/h3-9,16-17,25-26H,10-11H2,1-2H3,(H,24,27). The van der Waals surface area contributed by atoms with Gasteiger partial charge in [0.05, 0.1) is 25.8 Å². The fraction of sp³-hybridized carbons (Fsp3) is 0.350. The molecule has 0 aromatic heterocycles. The van der Waals surface area contributed by atoms with Crippen molar-refractivity contribution in [1.82, 2.24) is 16.2 Å². The van der Waals surface area contributed by atoms with E-state index in [1.165, 1.54) is 12.1 Å². The van der Waals surface area contributed by atoms with Crippen LogP contribution in [0.25, 0.3) is 0 Å². The van der Waals surface area contributed by atoms with Crippen LogP contribution in [-0.2, 0) is 17.5 Å². The predicted molar refractivity (Wildman–Crippen MR) is 100 cm³/mol. The number of carbonyl (C=O) groups is 1. The van der Waals surface area contributed by atoms with E-state index in [9.17, 15) is 18.0 Å². The minimum Gasteiger partial charge on any atom is -0.497 e. The third kappa shape index (κ3) is 4.99. The zero-order valence-electron chi connectivity index (χ0n) is 16.0. The van der Waals surface area contributed by atoms with Gasteiger partial charge in [0, 0.05) is 18.2 Å². The molecule has 1 aliphatic rings. The molecule has 156 valence electrons.